The van der Waals surface area contributed by atoms with Gasteiger partial charge in [0.2, 0.25) is 5.13 Å². The molecule has 1 rings (SSSR count). The maximum atomic E-state index is 5.59. The van der Waals surface area contributed by atoms with Crippen LogP contribution in [0.5, 0.6) is 0 Å². The van der Waals surface area contributed by atoms with Crippen LogP contribution >= 0.6 is 11.3 Å². The second-order valence-corrected chi connectivity index (χ2v) is 4.47. The number of hydrogen-bond donors (Lipinski definition) is 2. The van der Waals surface area contributed by atoms with E-state index in [1.165, 1.54) is 11.3 Å². The predicted octanol–water partition coefficient (Wildman–Crippen LogP) is 1.38. The van der Waals surface area contributed by atoms with Gasteiger partial charge in [0.1, 0.15) is 11.6 Å². The minimum Gasteiger partial charge on any atom is -0.371 e. The fourth-order valence-electron chi connectivity index (χ4n) is 0.765. The number of aromatic nitrogens is 2. The standard InChI is InChI=1S/C8H16N4OS/c1-5(2)6(3)13-4-7-11-12-8(10-9)14-7/h5-6H,4,9H2,1-3H3,(H,10,12). The van der Waals surface area contributed by atoms with Gasteiger partial charge in [0, 0.05) is 0 Å². The number of anilines is 1. The zero-order valence-corrected chi connectivity index (χ0v) is 9.47. The van der Waals surface area contributed by atoms with E-state index in [0.29, 0.717) is 17.7 Å². The maximum absolute atomic E-state index is 5.59. The van der Waals surface area contributed by atoms with Gasteiger partial charge in [0.15, 0.2) is 0 Å². The number of nitrogens with one attached hydrogen (secondary N) is 1. The van der Waals surface area contributed by atoms with Crippen LogP contribution in [0.25, 0.3) is 0 Å². The minimum atomic E-state index is 0.230. The molecule has 0 aliphatic rings. The van der Waals surface area contributed by atoms with Crippen molar-refractivity contribution in [3.63, 3.8) is 0 Å². The molecule has 0 radical (unpaired) electrons. The van der Waals surface area contributed by atoms with Gasteiger partial charge in [-0.3, -0.25) is 5.43 Å². The topological polar surface area (TPSA) is 73.1 Å². The summed E-state index contributed by atoms with van der Waals surface area (Å²) in [5, 5.41) is 9.18. The van der Waals surface area contributed by atoms with Crippen LogP contribution in [0.1, 0.15) is 25.8 Å². The van der Waals surface area contributed by atoms with Crippen molar-refractivity contribution in [3.05, 3.63) is 5.01 Å². The van der Waals surface area contributed by atoms with E-state index < -0.39 is 0 Å². The molecule has 1 aromatic rings. The molecule has 80 valence electrons. The molecule has 0 saturated carbocycles. The lowest BCUT2D eigenvalue weighted by Crippen LogP contribution is -2.14. The first-order valence-corrected chi connectivity index (χ1v) is 5.35. The van der Waals surface area contributed by atoms with Gasteiger partial charge in [-0.25, -0.2) is 5.84 Å². The Bertz CT molecular complexity index is 276. The van der Waals surface area contributed by atoms with Crippen LogP contribution in [0.15, 0.2) is 0 Å². The van der Waals surface area contributed by atoms with Gasteiger partial charge in [-0.05, 0) is 12.8 Å². The number of nitrogen functional groups attached to an aromatic ring is 1. The number of hydrazine groups is 1. The highest BCUT2D eigenvalue weighted by atomic mass is 32.1. The first-order chi connectivity index (χ1) is 6.63. The summed E-state index contributed by atoms with van der Waals surface area (Å²) in [6, 6.07) is 0. The summed E-state index contributed by atoms with van der Waals surface area (Å²) in [4.78, 5) is 0. The maximum Gasteiger partial charge on any atom is 0.219 e. The Morgan fingerprint density at radius 1 is 1.43 bits per heavy atom. The van der Waals surface area contributed by atoms with Gasteiger partial charge >= 0.3 is 0 Å². The predicted molar refractivity (Wildman–Crippen MR) is 56.8 cm³/mol. The average molecular weight is 216 g/mol. The number of ether oxygens (including phenoxy) is 1. The molecular formula is C8H16N4OS. The minimum absolute atomic E-state index is 0.230. The van der Waals surface area contributed by atoms with Crippen molar-refractivity contribution in [1.82, 2.24) is 10.2 Å². The van der Waals surface area contributed by atoms with Crippen LogP contribution in [0.2, 0.25) is 0 Å². The summed E-state index contributed by atoms with van der Waals surface area (Å²) in [6.07, 6.45) is 0.230. The lowest BCUT2D eigenvalue weighted by Gasteiger charge is -2.14. The van der Waals surface area contributed by atoms with Crippen LogP contribution in [0, 0.1) is 5.92 Å². The summed E-state index contributed by atoms with van der Waals surface area (Å²) in [6.45, 7) is 6.79. The van der Waals surface area contributed by atoms with E-state index in [1.54, 1.807) is 0 Å². The number of nitrogens with zero attached hydrogens (tertiary/aromatic N) is 2. The number of nitrogens with two attached hydrogens (primary N) is 1. The molecule has 6 heteroatoms. The summed E-state index contributed by atoms with van der Waals surface area (Å²) < 4.78 is 5.59. The Morgan fingerprint density at radius 3 is 2.64 bits per heavy atom. The molecule has 0 spiro atoms. The Hall–Kier alpha value is -0.720. The van der Waals surface area contributed by atoms with E-state index in [1.807, 2.05) is 6.92 Å². The van der Waals surface area contributed by atoms with Gasteiger partial charge in [-0.2, -0.15) is 0 Å². The molecule has 0 fully saturated rings. The van der Waals surface area contributed by atoms with Gasteiger partial charge in [-0.15, -0.1) is 10.2 Å². The first kappa shape index (κ1) is 11.4. The van der Waals surface area contributed by atoms with Gasteiger partial charge in [0.25, 0.3) is 0 Å². The third-order valence-corrected chi connectivity index (χ3v) is 2.83. The van der Waals surface area contributed by atoms with Crippen molar-refractivity contribution in [2.75, 3.05) is 5.43 Å². The lowest BCUT2D eigenvalue weighted by atomic mass is 10.1. The quantitative estimate of drug-likeness (QED) is 0.574. The summed E-state index contributed by atoms with van der Waals surface area (Å²) in [5.74, 6) is 5.69. The average Bonchev–Trinajstić information content (AvgIpc) is 2.61. The van der Waals surface area contributed by atoms with Crippen molar-refractivity contribution in [1.29, 1.82) is 0 Å². The zero-order chi connectivity index (χ0) is 10.6. The highest BCUT2D eigenvalue weighted by Crippen LogP contribution is 2.16. The SMILES string of the molecule is CC(C)C(C)OCc1nnc(NN)s1. The van der Waals surface area contributed by atoms with E-state index in [-0.39, 0.29) is 6.10 Å². The molecule has 1 unspecified atom stereocenters. The van der Waals surface area contributed by atoms with Crippen molar-refractivity contribution < 1.29 is 4.74 Å². The lowest BCUT2D eigenvalue weighted by molar-refractivity contribution is 0.0232. The molecule has 5 nitrogen and oxygen atoms in total. The van der Waals surface area contributed by atoms with Crippen LogP contribution in [0.4, 0.5) is 5.13 Å². The van der Waals surface area contributed by atoms with Crippen LogP contribution in [-0.4, -0.2) is 16.3 Å². The van der Waals surface area contributed by atoms with Crippen LogP contribution in [-0.2, 0) is 11.3 Å². The zero-order valence-electron chi connectivity index (χ0n) is 8.65. The summed E-state index contributed by atoms with van der Waals surface area (Å²) >= 11 is 1.40. The molecule has 0 aliphatic heterocycles. The Balaban J connectivity index is 2.37. The molecule has 14 heavy (non-hydrogen) atoms. The molecule has 0 saturated heterocycles. The molecule has 1 heterocycles. The van der Waals surface area contributed by atoms with E-state index in [9.17, 15) is 0 Å². The molecule has 0 aromatic carbocycles. The van der Waals surface area contributed by atoms with Crippen LogP contribution in [0.3, 0.4) is 0 Å². The second-order valence-electron chi connectivity index (χ2n) is 3.41. The normalized spacial score (nSPS) is 13.2. The molecule has 0 aliphatic carbocycles. The fourth-order valence-corrected chi connectivity index (χ4v) is 1.34. The fraction of sp³-hybridized carbons (Fsp3) is 0.750. The smallest absolute Gasteiger partial charge is 0.219 e. The third-order valence-electron chi connectivity index (χ3n) is 2.00. The molecule has 0 amide bonds. The summed E-state index contributed by atoms with van der Waals surface area (Å²) in [5.41, 5.74) is 2.45. The van der Waals surface area contributed by atoms with Crippen LogP contribution < -0.4 is 11.3 Å². The molecule has 1 atom stereocenters. The number of rotatable bonds is 5. The highest BCUT2D eigenvalue weighted by molar-refractivity contribution is 7.15. The van der Waals surface area contributed by atoms with Crippen molar-refractivity contribution in [3.8, 4) is 0 Å². The Morgan fingerprint density at radius 2 is 2.14 bits per heavy atom. The molecule has 1 aromatic heterocycles. The van der Waals surface area contributed by atoms with E-state index in [0.717, 1.165) is 5.01 Å². The molecule has 0 bridgehead atoms. The monoisotopic (exact) mass is 216 g/mol. The second kappa shape index (κ2) is 5.23. The summed E-state index contributed by atoms with van der Waals surface area (Å²) in [7, 11) is 0. The third kappa shape index (κ3) is 3.21. The molecular weight excluding hydrogens is 200 g/mol. The molecule has 3 N–H and O–H groups in total. The van der Waals surface area contributed by atoms with E-state index in [2.05, 4.69) is 29.5 Å². The van der Waals surface area contributed by atoms with Crippen molar-refractivity contribution in [2.45, 2.75) is 33.5 Å². The number of hydrogen-bond acceptors (Lipinski definition) is 6. The van der Waals surface area contributed by atoms with Crippen molar-refractivity contribution >= 4 is 16.5 Å². The highest BCUT2D eigenvalue weighted by Gasteiger charge is 2.09. The van der Waals surface area contributed by atoms with Gasteiger partial charge < -0.3 is 4.74 Å². The van der Waals surface area contributed by atoms with E-state index in [4.69, 9.17) is 10.6 Å². The van der Waals surface area contributed by atoms with E-state index >= 15 is 0 Å². The van der Waals surface area contributed by atoms with Crippen molar-refractivity contribution in [2.24, 2.45) is 11.8 Å². The Kier molecular flexibility index (Phi) is 4.24. The largest absolute Gasteiger partial charge is 0.371 e. The van der Waals surface area contributed by atoms with Gasteiger partial charge in [0.05, 0.1) is 6.10 Å². The first-order valence-electron chi connectivity index (χ1n) is 4.54. The van der Waals surface area contributed by atoms with Gasteiger partial charge in [-0.1, -0.05) is 25.2 Å². The Labute approximate surface area is 87.6 Å².